The molecule has 0 saturated carbocycles. The first kappa shape index (κ1) is 17.3. The molecule has 1 fully saturated rings. The number of nitrogens with one attached hydrogen (secondary N) is 1. The summed E-state index contributed by atoms with van der Waals surface area (Å²) in [5.41, 5.74) is 0. The fourth-order valence-electron chi connectivity index (χ4n) is 2.14. The van der Waals surface area contributed by atoms with Crippen LogP contribution in [0.25, 0.3) is 0 Å². The predicted octanol–water partition coefficient (Wildman–Crippen LogP) is 1.83. The zero-order chi connectivity index (χ0) is 16.0. The second kappa shape index (κ2) is 7.96. The predicted molar refractivity (Wildman–Crippen MR) is 76.0 cm³/mol. The third kappa shape index (κ3) is 5.28. The van der Waals surface area contributed by atoms with Gasteiger partial charge < -0.3 is 9.47 Å². The van der Waals surface area contributed by atoms with Crippen molar-refractivity contribution in [3.8, 4) is 0 Å². The van der Waals surface area contributed by atoms with Gasteiger partial charge in [0.05, 0.1) is 17.6 Å². The minimum atomic E-state index is -3.92. The maximum absolute atomic E-state index is 13.0. The first-order chi connectivity index (χ1) is 10.5. The van der Waals surface area contributed by atoms with Crippen molar-refractivity contribution in [3.05, 3.63) is 29.8 Å². The minimum absolute atomic E-state index is 0.131. The van der Waals surface area contributed by atoms with Gasteiger partial charge in [0.2, 0.25) is 10.0 Å². The molecule has 124 valence electrons. The normalized spacial score (nSPS) is 18.7. The van der Waals surface area contributed by atoms with Crippen LogP contribution < -0.4 is 4.72 Å². The molecule has 5 nitrogen and oxygen atoms in total. The summed E-state index contributed by atoms with van der Waals surface area (Å²) in [6, 6.07) is 2.18. The number of halogens is 2. The fourth-order valence-corrected chi connectivity index (χ4v) is 3.25. The summed E-state index contributed by atoms with van der Waals surface area (Å²) < 4.78 is 62.9. The summed E-state index contributed by atoms with van der Waals surface area (Å²) >= 11 is 0. The zero-order valence-electron chi connectivity index (χ0n) is 12.1. The van der Waals surface area contributed by atoms with Gasteiger partial charge in [0, 0.05) is 25.8 Å². The topological polar surface area (TPSA) is 64.6 Å². The van der Waals surface area contributed by atoms with E-state index >= 15 is 0 Å². The quantitative estimate of drug-likeness (QED) is 0.736. The second-order valence-electron chi connectivity index (χ2n) is 5.07. The number of hydrogen-bond acceptors (Lipinski definition) is 4. The van der Waals surface area contributed by atoms with Crippen LogP contribution >= 0.6 is 0 Å². The summed E-state index contributed by atoms with van der Waals surface area (Å²) in [4.78, 5) is -0.426. The average molecular weight is 335 g/mol. The van der Waals surface area contributed by atoms with E-state index < -0.39 is 26.6 Å². The molecule has 1 aliphatic rings. The van der Waals surface area contributed by atoms with Gasteiger partial charge in [-0.2, -0.15) is 0 Å². The molecule has 0 amide bonds. The van der Waals surface area contributed by atoms with E-state index in [1.807, 2.05) is 0 Å². The van der Waals surface area contributed by atoms with E-state index in [-0.39, 0.29) is 12.6 Å². The van der Waals surface area contributed by atoms with Crippen LogP contribution in [-0.4, -0.2) is 40.9 Å². The Morgan fingerprint density at radius 1 is 1.27 bits per heavy atom. The van der Waals surface area contributed by atoms with Crippen molar-refractivity contribution < 1.29 is 26.7 Å². The van der Waals surface area contributed by atoms with Crippen LogP contribution in [0.4, 0.5) is 8.78 Å². The molecule has 0 aliphatic carbocycles. The molecular formula is C14H19F2NO4S. The number of ether oxygens (including phenoxy) is 2. The molecule has 1 atom stereocenters. The Morgan fingerprint density at radius 2 is 2.00 bits per heavy atom. The van der Waals surface area contributed by atoms with Gasteiger partial charge in [0.25, 0.3) is 0 Å². The van der Waals surface area contributed by atoms with Crippen molar-refractivity contribution in [2.24, 2.45) is 0 Å². The Hall–Kier alpha value is -1.09. The third-order valence-corrected chi connectivity index (χ3v) is 4.67. The fraction of sp³-hybridized carbons (Fsp3) is 0.571. The molecule has 1 heterocycles. The Kier molecular flexibility index (Phi) is 6.25. The highest BCUT2D eigenvalue weighted by Crippen LogP contribution is 2.14. The van der Waals surface area contributed by atoms with Gasteiger partial charge in [-0.15, -0.1) is 0 Å². The van der Waals surface area contributed by atoms with Crippen LogP contribution in [0, 0.1) is 11.6 Å². The molecule has 0 spiro atoms. The molecular weight excluding hydrogens is 316 g/mol. The molecule has 22 heavy (non-hydrogen) atoms. The maximum atomic E-state index is 13.0. The lowest BCUT2D eigenvalue weighted by Gasteiger charge is -2.10. The van der Waals surface area contributed by atoms with Crippen molar-refractivity contribution >= 4 is 10.0 Å². The Bertz CT molecular complexity index is 568. The Labute approximate surface area is 128 Å². The number of rotatable bonds is 8. The van der Waals surface area contributed by atoms with E-state index in [9.17, 15) is 17.2 Å². The van der Waals surface area contributed by atoms with E-state index in [1.165, 1.54) is 0 Å². The number of hydrogen-bond donors (Lipinski definition) is 1. The molecule has 1 aromatic rings. The SMILES string of the molecule is O=S(=O)(NCCCOCC1CCCO1)c1cc(F)cc(F)c1. The molecule has 1 aliphatic heterocycles. The van der Waals surface area contributed by atoms with Gasteiger partial charge >= 0.3 is 0 Å². The van der Waals surface area contributed by atoms with E-state index in [2.05, 4.69) is 4.72 Å². The molecule has 0 radical (unpaired) electrons. The van der Waals surface area contributed by atoms with Crippen molar-refractivity contribution in [2.75, 3.05) is 26.4 Å². The largest absolute Gasteiger partial charge is 0.379 e. The van der Waals surface area contributed by atoms with E-state index in [1.54, 1.807) is 0 Å². The molecule has 1 saturated heterocycles. The lowest BCUT2D eigenvalue weighted by atomic mass is 10.2. The van der Waals surface area contributed by atoms with E-state index in [0.717, 1.165) is 31.6 Å². The monoisotopic (exact) mass is 335 g/mol. The Balaban J connectivity index is 1.70. The van der Waals surface area contributed by atoms with E-state index in [4.69, 9.17) is 9.47 Å². The molecule has 0 bridgehead atoms. The van der Waals surface area contributed by atoms with Gasteiger partial charge in [0.1, 0.15) is 11.6 Å². The molecule has 0 aromatic heterocycles. The smallest absolute Gasteiger partial charge is 0.240 e. The molecule has 2 rings (SSSR count). The van der Waals surface area contributed by atoms with Gasteiger partial charge in [-0.25, -0.2) is 21.9 Å². The van der Waals surface area contributed by atoms with Crippen LogP contribution in [0.2, 0.25) is 0 Å². The summed E-state index contributed by atoms with van der Waals surface area (Å²) in [6.07, 6.45) is 2.62. The highest BCUT2D eigenvalue weighted by atomic mass is 32.2. The summed E-state index contributed by atoms with van der Waals surface area (Å²) in [7, 11) is -3.92. The van der Waals surface area contributed by atoms with Crippen LogP contribution in [0.1, 0.15) is 19.3 Å². The first-order valence-electron chi connectivity index (χ1n) is 7.12. The molecule has 8 heteroatoms. The van der Waals surface area contributed by atoms with Crippen LogP contribution in [-0.2, 0) is 19.5 Å². The molecule has 1 unspecified atom stereocenters. The van der Waals surface area contributed by atoms with Gasteiger partial charge in [-0.3, -0.25) is 0 Å². The standard InChI is InChI=1S/C14H19F2NO4S/c15-11-7-12(16)9-14(8-11)22(18,19)17-4-2-5-20-10-13-3-1-6-21-13/h7-9,13,17H,1-6,10H2. The van der Waals surface area contributed by atoms with E-state index in [0.29, 0.717) is 25.7 Å². The highest BCUT2D eigenvalue weighted by molar-refractivity contribution is 7.89. The van der Waals surface area contributed by atoms with Crippen molar-refractivity contribution in [1.29, 1.82) is 0 Å². The van der Waals surface area contributed by atoms with Gasteiger partial charge in [-0.1, -0.05) is 0 Å². The van der Waals surface area contributed by atoms with Crippen LogP contribution in [0.15, 0.2) is 23.1 Å². The van der Waals surface area contributed by atoms with Crippen LogP contribution in [0.5, 0.6) is 0 Å². The Morgan fingerprint density at radius 3 is 2.64 bits per heavy atom. The zero-order valence-corrected chi connectivity index (χ0v) is 12.9. The number of sulfonamides is 1. The lowest BCUT2D eigenvalue weighted by Crippen LogP contribution is -2.26. The highest BCUT2D eigenvalue weighted by Gasteiger charge is 2.17. The lowest BCUT2D eigenvalue weighted by molar-refractivity contribution is 0.0169. The maximum Gasteiger partial charge on any atom is 0.240 e. The first-order valence-corrected chi connectivity index (χ1v) is 8.61. The van der Waals surface area contributed by atoms with Crippen molar-refractivity contribution in [3.63, 3.8) is 0 Å². The van der Waals surface area contributed by atoms with Gasteiger partial charge in [0.15, 0.2) is 0 Å². The summed E-state index contributed by atoms with van der Waals surface area (Å²) in [5, 5.41) is 0. The van der Waals surface area contributed by atoms with Crippen molar-refractivity contribution in [2.45, 2.75) is 30.3 Å². The third-order valence-electron chi connectivity index (χ3n) is 3.23. The summed E-state index contributed by atoms with van der Waals surface area (Å²) in [5.74, 6) is -1.86. The van der Waals surface area contributed by atoms with Crippen LogP contribution in [0.3, 0.4) is 0 Å². The minimum Gasteiger partial charge on any atom is -0.379 e. The number of benzene rings is 1. The molecule has 1 N–H and O–H groups in total. The molecule has 1 aromatic carbocycles. The van der Waals surface area contributed by atoms with Gasteiger partial charge in [-0.05, 0) is 31.4 Å². The van der Waals surface area contributed by atoms with Crippen molar-refractivity contribution in [1.82, 2.24) is 4.72 Å². The summed E-state index contributed by atoms with van der Waals surface area (Å²) in [6.45, 7) is 1.78. The average Bonchev–Trinajstić information content (AvgIpc) is 2.95. The second-order valence-corrected chi connectivity index (χ2v) is 6.83.